The third-order valence-electron chi connectivity index (χ3n) is 5.08. The maximum atomic E-state index is 12.2. The topological polar surface area (TPSA) is 173 Å². The van der Waals surface area contributed by atoms with Crippen molar-refractivity contribution in [3.63, 3.8) is 0 Å². The predicted molar refractivity (Wildman–Crippen MR) is 122 cm³/mol. The van der Waals surface area contributed by atoms with Crippen molar-refractivity contribution in [2.75, 3.05) is 12.3 Å². The van der Waals surface area contributed by atoms with E-state index in [0.29, 0.717) is 12.0 Å². The molecule has 1 aliphatic heterocycles. The Morgan fingerprint density at radius 1 is 1.42 bits per heavy atom. The van der Waals surface area contributed by atoms with Gasteiger partial charge in [0.1, 0.15) is 24.4 Å². The molecule has 0 aromatic carbocycles. The van der Waals surface area contributed by atoms with Crippen LogP contribution in [-0.4, -0.2) is 77.7 Å². The van der Waals surface area contributed by atoms with Gasteiger partial charge in [-0.3, -0.25) is 4.98 Å². The first-order chi connectivity index (χ1) is 15.7. The van der Waals surface area contributed by atoms with Crippen molar-refractivity contribution in [1.29, 1.82) is 0 Å². The minimum Gasteiger partial charge on any atom is -0.394 e. The van der Waals surface area contributed by atoms with Crippen molar-refractivity contribution in [2.24, 2.45) is 5.16 Å². The van der Waals surface area contributed by atoms with E-state index in [9.17, 15) is 15.0 Å². The number of hydrogen-bond donors (Lipinski definition) is 4. The number of anilines is 1. The molecular weight excluding hydrogens is 453 g/mol. The van der Waals surface area contributed by atoms with Gasteiger partial charge in [-0.2, -0.15) is 14.6 Å². The number of nitrogens with zero attached hydrogens (tertiary/aromatic N) is 5. The summed E-state index contributed by atoms with van der Waals surface area (Å²) in [7, 11) is -1.76. The zero-order valence-corrected chi connectivity index (χ0v) is 20.2. The molecule has 5 atom stereocenters. The Hall–Kier alpha value is -2.15. The Morgan fingerprint density at radius 2 is 2.12 bits per heavy atom. The molecule has 0 saturated carbocycles. The number of H-pyrrole nitrogens is 1. The first-order valence-electron chi connectivity index (χ1n) is 10.8. The molecule has 2 aromatic rings. The van der Waals surface area contributed by atoms with E-state index in [1.807, 2.05) is 39.3 Å². The number of aliphatic hydroxyl groups is 2. The van der Waals surface area contributed by atoms with Crippen LogP contribution in [0.15, 0.2) is 16.1 Å². The molecule has 1 saturated heterocycles. The van der Waals surface area contributed by atoms with Gasteiger partial charge in [-0.1, -0.05) is 12.1 Å². The van der Waals surface area contributed by atoms with E-state index in [4.69, 9.17) is 19.6 Å². The Labute approximate surface area is 192 Å². The van der Waals surface area contributed by atoms with Gasteiger partial charge in [0.05, 0.1) is 12.8 Å². The average Bonchev–Trinajstić information content (AvgIpc) is 3.28. The summed E-state index contributed by atoms with van der Waals surface area (Å²) in [5, 5.41) is 28.8. The van der Waals surface area contributed by atoms with Crippen LogP contribution in [0, 0.1) is 0 Å². The molecule has 0 amide bonds. The van der Waals surface area contributed by atoms with Crippen LogP contribution in [0.1, 0.15) is 52.7 Å². The number of nitrogens with one attached hydrogen (secondary N) is 1. The maximum Gasteiger partial charge on any atom is 0.350 e. The van der Waals surface area contributed by atoms with Gasteiger partial charge >= 0.3 is 14.2 Å². The van der Waals surface area contributed by atoms with E-state index >= 15 is 0 Å². The minimum absolute atomic E-state index is 0.0523. The second kappa shape index (κ2) is 10.9. The Balaban J connectivity index is 2.01. The smallest absolute Gasteiger partial charge is 0.350 e. The summed E-state index contributed by atoms with van der Waals surface area (Å²) in [6.07, 6.45) is -0.242. The summed E-state index contributed by atoms with van der Waals surface area (Å²) < 4.78 is 21.0. The van der Waals surface area contributed by atoms with Gasteiger partial charge in [0.25, 0.3) is 0 Å². The minimum atomic E-state index is -1.76. The molecule has 3 heterocycles. The monoisotopic (exact) mass is 485 g/mol. The largest absolute Gasteiger partial charge is 0.394 e. The highest BCUT2D eigenvalue weighted by atomic mass is 31.2. The number of aromatic nitrogens is 4. The number of nitrogens with two attached hydrogens (primary N) is 1. The van der Waals surface area contributed by atoms with Gasteiger partial charge < -0.3 is 29.8 Å². The lowest BCUT2D eigenvalue weighted by Gasteiger charge is -2.35. The second-order valence-electron chi connectivity index (χ2n) is 8.18. The molecule has 5 unspecified atom stereocenters. The van der Waals surface area contributed by atoms with Crippen LogP contribution >= 0.6 is 8.53 Å². The van der Waals surface area contributed by atoms with Crippen LogP contribution in [-0.2, 0) is 13.9 Å². The van der Waals surface area contributed by atoms with Crippen molar-refractivity contribution in [1.82, 2.24) is 24.3 Å². The Kier molecular flexibility index (Phi) is 8.38. The SMILES string of the molecule is CC/C=N/OP(OC1C(c2cnn3c(=O)[nH]c(N)nc23)OC(CO)C1O)N(C(C)C)C(C)C. The summed E-state index contributed by atoms with van der Waals surface area (Å²) in [5.41, 5.74) is 5.70. The van der Waals surface area contributed by atoms with Crippen molar-refractivity contribution >= 4 is 26.3 Å². The molecule has 1 aliphatic rings. The molecule has 184 valence electrons. The Bertz CT molecular complexity index is 1000. The zero-order chi connectivity index (χ0) is 24.3. The van der Waals surface area contributed by atoms with Crippen molar-refractivity contribution in [2.45, 2.75) is 77.5 Å². The van der Waals surface area contributed by atoms with Crippen LogP contribution in [0.25, 0.3) is 5.65 Å². The van der Waals surface area contributed by atoms with E-state index in [-0.39, 0.29) is 23.7 Å². The molecule has 0 aliphatic carbocycles. The summed E-state index contributed by atoms with van der Waals surface area (Å²) in [4.78, 5) is 18.7. The number of fused-ring (bicyclic) bond motifs is 1. The van der Waals surface area contributed by atoms with Crippen LogP contribution in [0.5, 0.6) is 0 Å². The number of oxime groups is 1. The first-order valence-corrected chi connectivity index (χ1v) is 11.9. The highest BCUT2D eigenvalue weighted by molar-refractivity contribution is 7.44. The van der Waals surface area contributed by atoms with Crippen LogP contribution in [0.4, 0.5) is 5.95 Å². The molecule has 1 fully saturated rings. The molecule has 14 heteroatoms. The third kappa shape index (κ3) is 5.34. The molecule has 0 bridgehead atoms. The number of aromatic amines is 1. The van der Waals surface area contributed by atoms with Crippen LogP contribution in [0.3, 0.4) is 0 Å². The van der Waals surface area contributed by atoms with E-state index in [0.717, 1.165) is 4.52 Å². The highest BCUT2D eigenvalue weighted by Gasteiger charge is 2.49. The lowest BCUT2D eigenvalue weighted by molar-refractivity contribution is -0.0224. The molecule has 0 radical (unpaired) electrons. The summed E-state index contributed by atoms with van der Waals surface area (Å²) in [6.45, 7) is 9.52. The number of aliphatic hydroxyl groups excluding tert-OH is 2. The number of rotatable bonds is 10. The predicted octanol–water partition coefficient (Wildman–Crippen LogP) is 0.936. The standard InChI is InChI=1S/C19H32N7O6P/c1-6-7-22-32-33(26(10(2)3)11(4)5)31-16-14(28)13(9-27)30-15(16)12-8-21-25-17(12)23-18(20)24-19(25)29/h7-8,10-11,13-16,27-28H,6,9H2,1-5H3,(H3,20,23,24,29)/b22-7+. The second-order valence-corrected chi connectivity index (χ2v) is 9.50. The van der Waals surface area contributed by atoms with E-state index in [2.05, 4.69) is 20.2 Å². The Morgan fingerprint density at radius 3 is 2.73 bits per heavy atom. The fraction of sp³-hybridized carbons (Fsp3) is 0.684. The van der Waals surface area contributed by atoms with Gasteiger partial charge in [0, 0.05) is 23.9 Å². The van der Waals surface area contributed by atoms with E-state index in [1.54, 1.807) is 6.21 Å². The number of nitrogen functional groups attached to an aromatic ring is 1. The molecule has 13 nitrogen and oxygen atoms in total. The molecule has 0 spiro atoms. The molecule has 5 N–H and O–H groups in total. The summed E-state index contributed by atoms with van der Waals surface area (Å²) in [5.74, 6) is -0.0887. The van der Waals surface area contributed by atoms with E-state index in [1.165, 1.54) is 6.20 Å². The summed E-state index contributed by atoms with van der Waals surface area (Å²) >= 11 is 0. The van der Waals surface area contributed by atoms with Gasteiger partial charge in [-0.05, 0) is 34.1 Å². The molecule has 33 heavy (non-hydrogen) atoms. The fourth-order valence-electron chi connectivity index (χ4n) is 3.72. The lowest BCUT2D eigenvalue weighted by Crippen LogP contribution is -2.38. The summed E-state index contributed by atoms with van der Waals surface area (Å²) in [6, 6.07) is 0.105. The average molecular weight is 485 g/mol. The lowest BCUT2D eigenvalue weighted by atomic mass is 10.0. The zero-order valence-electron chi connectivity index (χ0n) is 19.3. The number of hydrogen-bond acceptors (Lipinski definition) is 11. The van der Waals surface area contributed by atoms with Crippen LogP contribution < -0.4 is 11.4 Å². The first kappa shape index (κ1) is 25.5. The number of ether oxygens (including phenoxy) is 1. The molecular formula is C19H32N7O6P. The maximum absolute atomic E-state index is 12.2. The van der Waals surface area contributed by atoms with E-state index < -0.39 is 45.2 Å². The van der Waals surface area contributed by atoms with Crippen LogP contribution in [0.2, 0.25) is 0 Å². The molecule has 2 aromatic heterocycles. The van der Waals surface area contributed by atoms with Gasteiger partial charge in [-0.15, -0.1) is 0 Å². The fourth-order valence-corrected chi connectivity index (χ4v) is 5.29. The van der Waals surface area contributed by atoms with Gasteiger partial charge in [0.2, 0.25) is 5.95 Å². The van der Waals surface area contributed by atoms with Crippen molar-refractivity contribution in [3.05, 3.63) is 22.2 Å². The van der Waals surface area contributed by atoms with Crippen molar-refractivity contribution in [3.8, 4) is 0 Å². The van der Waals surface area contributed by atoms with Crippen molar-refractivity contribution < 1.29 is 24.1 Å². The third-order valence-corrected chi connectivity index (χ3v) is 7.04. The quantitative estimate of drug-likeness (QED) is 0.215. The normalized spacial score (nSPS) is 24.7. The molecule has 3 rings (SSSR count). The van der Waals surface area contributed by atoms with Gasteiger partial charge in [-0.25, -0.2) is 9.46 Å². The van der Waals surface area contributed by atoms with Gasteiger partial charge in [0.15, 0.2) is 5.65 Å². The highest BCUT2D eigenvalue weighted by Crippen LogP contribution is 2.51.